The first-order valence-corrected chi connectivity index (χ1v) is 8.36. The molecule has 2 aliphatic rings. The zero-order valence-corrected chi connectivity index (χ0v) is 15.4. The molecule has 2 aliphatic heterocycles. The van der Waals surface area contributed by atoms with Gasteiger partial charge in [0.05, 0.1) is 40.7 Å². The minimum absolute atomic E-state index is 0.328. The molecule has 0 aliphatic carbocycles. The normalized spacial score (nSPS) is 20.1. The van der Waals surface area contributed by atoms with Gasteiger partial charge in [-0.1, -0.05) is 0 Å². The van der Waals surface area contributed by atoms with Gasteiger partial charge >= 0.3 is 0 Å². The number of benzene rings is 2. The maximum atomic E-state index is 13.7. The van der Waals surface area contributed by atoms with E-state index in [1.165, 1.54) is 0 Å². The van der Waals surface area contributed by atoms with Crippen LogP contribution in [0.5, 0.6) is 23.0 Å². The fourth-order valence-electron chi connectivity index (χ4n) is 3.93. The van der Waals surface area contributed by atoms with Crippen LogP contribution in [0.4, 0.5) is 11.4 Å². The molecule has 2 aromatic carbocycles. The van der Waals surface area contributed by atoms with Crippen LogP contribution in [-0.2, 0) is 13.1 Å². The van der Waals surface area contributed by atoms with Gasteiger partial charge < -0.3 is 33.7 Å². The van der Waals surface area contributed by atoms with Crippen LogP contribution in [0.3, 0.4) is 0 Å². The largest absolute Gasteiger partial charge is 0.626 e. The smallest absolute Gasteiger partial charge is 0.166 e. The highest BCUT2D eigenvalue weighted by atomic mass is 16.6. The Bertz CT molecular complexity index is 869. The van der Waals surface area contributed by atoms with Crippen molar-refractivity contribution in [1.82, 2.24) is 4.65 Å². The Labute approximate surface area is 152 Å². The number of anilines is 1. The number of hydrogen-bond acceptors (Lipinski definition) is 6. The summed E-state index contributed by atoms with van der Waals surface area (Å²) in [6.07, 6.45) is 0. The van der Waals surface area contributed by atoms with Crippen molar-refractivity contribution in [2.75, 3.05) is 40.0 Å². The number of rotatable bonds is 4. The molecule has 7 heteroatoms. The average Bonchev–Trinajstić information content (AvgIpc) is 2.65. The monoisotopic (exact) mass is 358 g/mol. The Morgan fingerprint density at radius 2 is 1.35 bits per heavy atom. The van der Waals surface area contributed by atoms with E-state index in [0.29, 0.717) is 42.8 Å². The lowest BCUT2D eigenvalue weighted by Gasteiger charge is -2.53. The minimum atomic E-state index is -0.460. The number of nitrogens with zero attached hydrogens (tertiary/aromatic N) is 2. The lowest BCUT2D eigenvalue weighted by molar-refractivity contribution is 0.311. The third-order valence-corrected chi connectivity index (χ3v) is 5.14. The van der Waals surface area contributed by atoms with Gasteiger partial charge in [0.25, 0.3) is 0 Å². The van der Waals surface area contributed by atoms with E-state index in [0.717, 1.165) is 22.5 Å². The first-order valence-electron chi connectivity index (χ1n) is 8.36. The zero-order valence-electron chi connectivity index (χ0n) is 15.4. The van der Waals surface area contributed by atoms with E-state index in [1.807, 2.05) is 24.3 Å². The molecule has 0 N–H and O–H groups in total. The summed E-state index contributed by atoms with van der Waals surface area (Å²) in [5.74, 6) is 2.50. The van der Waals surface area contributed by atoms with Crippen molar-refractivity contribution < 1.29 is 18.9 Å². The molecule has 138 valence electrons. The Hall–Kier alpha value is -2.64. The Balaban J connectivity index is 1.85. The van der Waals surface area contributed by atoms with Crippen molar-refractivity contribution in [3.05, 3.63) is 40.6 Å². The predicted molar refractivity (Wildman–Crippen MR) is 99.0 cm³/mol. The van der Waals surface area contributed by atoms with Crippen molar-refractivity contribution >= 4 is 11.4 Å². The second-order valence-electron chi connectivity index (χ2n) is 6.56. The number of hydrogen-bond donors (Lipinski definition) is 0. The lowest BCUT2D eigenvalue weighted by Crippen LogP contribution is -2.57. The van der Waals surface area contributed by atoms with Crippen LogP contribution >= 0.6 is 0 Å². The topological polar surface area (TPSA) is 63.2 Å². The van der Waals surface area contributed by atoms with E-state index in [1.54, 1.807) is 28.4 Å². The van der Waals surface area contributed by atoms with Gasteiger partial charge in [0, 0.05) is 23.3 Å². The van der Waals surface area contributed by atoms with Gasteiger partial charge in [-0.25, -0.2) is 0 Å². The Morgan fingerprint density at radius 3 is 1.96 bits per heavy atom. The molecular formula is C19H22N2O5. The SMILES string of the molecule is COc1cc2c(cc1OC)N1Cc3cc(OC)c(OC)cc3[N@@+]([O-])(C2)C1. The third kappa shape index (κ3) is 2.35. The quantitative estimate of drug-likeness (QED) is 0.618. The van der Waals surface area contributed by atoms with E-state index < -0.39 is 4.65 Å². The van der Waals surface area contributed by atoms with Gasteiger partial charge in [-0.3, -0.25) is 0 Å². The first kappa shape index (κ1) is 16.8. The summed E-state index contributed by atoms with van der Waals surface area (Å²) in [5, 5.41) is 13.7. The van der Waals surface area contributed by atoms with Gasteiger partial charge in [-0.2, -0.15) is 0 Å². The molecule has 0 spiro atoms. The predicted octanol–water partition coefficient (Wildman–Crippen LogP) is 3.02. The second kappa shape index (κ2) is 5.96. The summed E-state index contributed by atoms with van der Waals surface area (Å²) in [4.78, 5) is 2.09. The van der Waals surface area contributed by atoms with Crippen LogP contribution in [0.2, 0.25) is 0 Å². The molecule has 7 nitrogen and oxygen atoms in total. The van der Waals surface area contributed by atoms with Gasteiger partial charge in [0.1, 0.15) is 12.2 Å². The highest BCUT2D eigenvalue weighted by Crippen LogP contribution is 2.48. The molecule has 2 heterocycles. The summed E-state index contributed by atoms with van der Waals surface area (Å²) >= 11 is 0. The average molecular weight is 358 g/mol. The zero-order chi connectivity index (χ0) is 18.5. The molecule has 26 heavy (non-hydrogen) atoms. The van der Waals surface area contributed by atoms with Crippen LogP contribution < -0.4 is 28.5 Å². The summed E-state index contributed by atoms with van der Waals surface area (Å²) in [5.41, 5.74) is 3.63. The van der Waals surface area contributed by atoms with Crippen LogP contribution in [0.15, 0.2) is 24.3 Å². The van der Waals surface area contributed by atoms with Gasteiger partial charge in [-0.15, -0.1) is 0 Å². The second-order valence-corrected chi connectivity index (χ2v) is 6.56. The number of methoxy groups -OCH3 is 4. The third-order valence-electron chi connectivity index (χ3n) is 5.14. The van der Waals surface area contributed by atoms with E-state index in [2.05, 4.69) is 4.90 Å². The highest BCUT2D eigenvalue weighted by molar-refractivity contribution is 5.71. The summed E-state index contributed by atoms with van der Waals surface area (Å²) in [7, 11) is 6.39. The van der Waals surface area contributed by atoms with Crippen molar-refractivity contribution in [3.8, 4) is 23.0 Å². The maximum absolute atomic E-state index is 13.7. The van der Waals surface area contributed by atoms with Gasteiger partial charge in [0.15, 0.2) is 29.7 Å². The molecule has 1 atom stereocenters. The van der Waals surface area contributed by atoms with Crippen LogP contribution in [-0.4, -0.2) is 35.1 Å². The number of ether oxygens (including phenoxy) is 4. The molecule has 2 bridgehead atoms. The maximum Gasteiger partial charge on any atom is 0.166 e. The first-order chi connectivity index (χ1) is 12.5. The van der Waals surface area contributed by atoms with Crippen LogP contribution in [0.25, 0.3) is 0 Å². The molecule has 2 aromatic rings. The molecule has 0 aromatic heterocycles. The molecule has 0 unspecified atom stereocenters. The van der Waals surface area contributed by atoms with Crippen LogP contribution in [0, 0.1) is 5.21 Å². The lowest BCUT2D eigenvalue weighted by atomic mass is 10.00. The molecule has 0 amide bonds. The van der Waals surface area contributed by atoms with Crippen molar-refractivity contribution in [1.29, 1.82) is 0 Å². The van der Waals surface area contributed by atoms with Crippen molar-refractivity contribution in [3.63, 3.8) is 0 Å². The molecular weight excluding hydrogens is 336 g/mol. The molecule has 0 saturated carbocycles. The summed E-state index contributed by atoms with van der Waals surface area (Å²) in [6.45, 7) is 1.31. The summed E-state index contributed by atoms with van der Waals surface area (Å²) in [6, 6.07) is 7.56. The Morgan fingerprint density at radius 1 is 0.808 bits per heavy atom. The summed E-state index contributed by atoms with van der Waals surface area (Å²) < 4.78 is 21.2. The molecule has 0 radical (unpaired) electrons. The number of quaternary nitrogens is 1. The van der Waals surface area contributed by atoms with Crippen molar-refractivity contribution in [2.24, 2.45) is 0 Å². The Kier molecular flexibility index (Phi) is 3.86. The van der Waals surface area contributed by atoms with Gasteiger partial charge in [0.2, 0.25) is 0 Å². The molecule has 0 saturated heterocycles. The standard InChI is InChI=1S/C19H22N2O5/c1-23-16-5-12-9-20-11-21(22,15(12)8-19(16)26-4)10-13-6-17(24-2)18(25-3)7-14(13)20/h5-8H,9-11H2,1-4H3/t21-/m1/s1. The van der Waals surface area contributed by atoms with Crippen molar-refractivity contribution in [2.45, 2.75) is 13.1 Å². The molecule has 4 rings (SSSR count). The number of fused-ring (bicyclic) bond motifs is 6. The fraction of sp³-hybridized carbons (Fsp3) is 0.368. The minimum Gasteiger partial charge on any atom is -0.626 e. The van der Waals surface area contributed by atoms with E-state index >= 15 is 0 Å². The van der Waals surface area contributed by atoms with E-state index in [4.69, 9.17) is 18.9 Å². The van der Waals surface area contributed by atoms with E-state index in [9.17, 15) is 5.21 Å². The molecule has 0 fully saturated rings. The fourth-order valence-corrected chi connectivity index (χ4v) is 3.93. The van der Waals surface area contributed by atoms with Gasteiger partial charge in [-0.05, 0) is 12.1 Å². The van der Waals surface area contributed by atoms with E-state index in [-0.39, 0.29) is 0 Å². The highest BCUT2D eigenvalue weighted by Gasteiger charge is 2.40. The van der Waals surface area contributed by atoms with Crippen LogP contribution in [0.1, 0.15) is 11.1 Å². The number of hydroxylamine groups is 2.